The molecule has 0 saturated heterocycles. The molecule has 0 unspecified atom stereocenters. The number of pyridine rings is 1. The first-order valence-electron chi connectivity index (χ1n) is 3.45. The Morgan fingerprint density at radius 1 is 1.57 bits per heavy atom. The van der Waals surface area contributed by atoms with E-state index in [1.807, 2.05) is 0 Å². The molecule has 0 N–H and O–H groups in total. The molecule has 0 aliphatic carbocycles. The Kier molecular flexibility index (Phi) is 3.10. The number of hydrogen-bond donors (Lipinski definition) is 0. The highest BCUT2D eigenvalue weighted by molar-refractivity contribution is 6.67. The van der Waals surface area contributed by atoms with Crippen LogP contribution in [-0.2, 0) is 0 Å². The number of nitrogens with zero attached hydrogens (tertiary/aromatic N) is 2. The van der Waals surface area contributed by atoms with Gasteiger partial charge in [0.15, 0.2) is 5.69 Å². The van der Waals surface area contributed by atoms with Crippen molar-refractivity contribution in [1.29, 1.82) is 5.26 Å². The summed E-state index contributed by atoms with van der Waals surface area (Å²) in [5.74, 6) is 0. The molecule has 0 aromatic carbocycles. The molecule has 1 aromatic rings. The second kappa shape index (κ2) is 4.11. The van der Waals surface area contributed by atoms with Crippen LogP contribution < -0.4 is 0 Å². The van der Waals surface area contributed by atoms with E-state index in [0.717, 1.165) is 12.1 Å². The molecule has 14 heavy (non-hydrogen) atoms. The summed E-state index contributed by atoms with van der Waals surface area (Å²) in [4.78, 5) is 14.0. The number of halogens is 3. The Labute approximate surface area is 82.9 Å². The maximum atomic E-state index is 12.1. The SMILES string of the molecule is N#Cc1nc(C(F)F)ccc1C(=O)Cl. The third kappa shape index (κ3) is 2.03. The Morgan fingerprint density at radius 2 is 2.21 bits per heavy atom. The highest BCUT2D eigenvalue weighted by atomic mass is 35.5. The molecule has 0 aliphatic heterocycles. The van der Waals surface area contributed by atoms with E-state index in [1.54, 1.807) is 0 Å². The summed E-state index contributed by atoms with van der Waals surface area (Å²) in [5, 5.41) is 7.61. The van der Waals surface area contributed by atoms with Crippen LogP contribution in [0.15, 0.2) is 12.1 Å². The van der Waals surface area contributed by atoms with Gasteiger partial charge < -0.3 is 0 Å². The molecule has 0 amide bonds. The summed E-state index contributed by atoms with van der Waals surface area (Å²) in [6.45, 7) is 0. The standard InChI is InChI=1S/C8H3ClF2N2O/c9-7(14)4-1-2-5(8(10)11)13-6(4)3-12/h1-2,8H. The van der Waals surface area contributed by atoms with Crippen molar-refractivity contribution in [3.05, 3.63) is 29.1 Å². The number of hydrogen-bond acceptors (Lipinski definition) is 3. The van der Waals surface area contributed by atoms with Crippen molar-refractivity contribution < 1.29 is 13.6 Å². The summed E-state index contributed by atoms with van der Waals surface area (Å²) in [6.07, 6.45) is -2.78. The Bertz CT molecular complexity index is 414. The van der Waals surface area contributed by atoms with Crippen LogP contribution in [0, 0.1) is 11.3 Å². The number of nitriles is 1. The maximum absolute atomic E-state index is 12.1. The highest BCUT2D eigenvalue weighted by Gasteiger charge is 2.15. The summed E-state index contributed by atoms with van der Waals surface area (Å²) >= 11 is 5.10. The molecular weight excluding hydrogens is 214 g/mol. The van der Waals surface area contributed by atoms with Crippen LogP contribution >= 0.6 is 11.6 Å². The van der Waals surface area contributed by atoms with Crippen molar-refractivity contribution in [2.75, 3.05) is 0 Å². The zero-order valence-corrected chi connectivity index (χ0v) is 7.42. The van der Waals surface area contributed by atoms with Gasteiger partial charge in [0.1, 0.15) is 11.8 Å². The first kappa shape index (κ1) is 10.5. The molecule has 1 rings (SSSR count). The molecule has 0 spiro atoms. The Morgan fingerprint density at radius 3 is 2.64 bits per heavy atom. The van der Waals surface area contributed by atoms with Crippen LogP contribution in [0.4, 0.5) is 8.78 Å². The summed E-state index contributed by atoms with van der Waals surface area (Å²) < 4.78 is 24.3. The summed E-state index contributed by atoms with van der Waals surface area (Å²) in [6, 6.07) is 3.54. The van der Waals surface area contributed by atoms with Crippen LogP contribution in [0.25, 0.3) is 0 Å². The first-order valence-corrected chi connectivity index (χ1v) is 3.83. The van der Waals surface area contributed by atoms with E-state index in [9.17, 15) is 13.6 Å². The number of carbonyl (C=O) groups excluding carboxylic acids is 1. The zero-order chi connectivity index (χ0) is 10.7. The van der Waals surface area contributed by atoms with Crippen LogP contribution in [-0.4, -0.2) is 10.2 Å². The van der Waals surface area contributed by atoms with Gasteiger partial charge in [0.25, 0.3) is 11.7 Å². The minimum atomic E-state index is -2.78. The monoisotopic (exact) mass is 216 g/mol. The number of carbonyl (C=O) groups is 1. The van der Waals surface area contributed by atoms with Gasteiger partial charge in [-0.3, -0.25) is 4.79 Å². The molecule has 1 heterocycles. The van der Waals surface area contributed by atoms with Crippen LogP contribution in [0.3, 0.4) is 0 Å². The molecule has 0 radical (unpaired) electrons. The van der Waals surface area contributed by atoms with Crippen molar-refractivity contribution >= 4 is 16.8 Å². The van der Waals surface area contributed by atoms with Crippen molar-refractivity contribution in [2.45, 2.75) is 6.43 Å². The molecular formula is C8H3ClF2N2O. The molecule has 0 aliphatic rings. The number of rotatable bonds is 2. The van der Waals surface area contributed by atoms with E-state index in [0.29, 0.717) is 0 Å². The highest BCUT2D eigenvalue weighted by Crippen LogP contribution is 2.18. The predicted molar refractivity (Wildman–Crippen MR) is 44.1 cm³/mol. The first-order chi connectivity index (χ1) is 6.56. The molecule has 1 aromatic heterocycles. The second-order valence-electron chi connectivity index (χ2n) is 2.32. The number of alkyl halides is 2. The average molecular weight is 217 g/mol. The third-order valence-electron chi connectivity index (χ3n) is 1.46. The van der Waals surface area contributed by atoms with Crippen LogP contribution in [0.1, 0.15) is 28.2 Å². The molecule has 72 valence electrons. The fourth-order valence-corrected chi connectivity index (χ4v) is 0.992. The van der Waals surface area contributed by atoms with Gasteiger partial charge in [0, 0.05) is 0 Å². The maximum Gasteiger partial charge on any atom is 0.280 e. The lowest BCUT2D eigenvalue weighted by Gasteiger charge is -2.01. The van der Waals surface area contributed by atoms with E-state index < -0.39 is 17.4 Å². The Hall–Kier alpha value is -1.54. The molecule has 0 fully saturated rings. The van der Waals surface area contributed by atoms with E-state index in [2.05, 4.69) is 4.98 Å². The normalized spacial score (nSPS) is 9.93. The van der Waals surface area contributed by atoms with Gasteiger partial charge in [0.05, 0.1) is 5.56 Å². The number of aromatic nitrogens is 1. The summed E-state index contributed by atoms with van der Waals surface area (Å²) in [5.41, 5.74) is -1.11. The second-order valence-corrected chi connectivity index (χ2v) is 2.66. The topological polar surface area (TPSA) is 53.8 Å². The van der Waals surface area contributed by atoms with E-state index in [4.69, 9.17) is 16.9 Å². The van der Waals surface area contributed by atoms with Gasteiger partial charge in [-0.05, 0) is 23.7 Å². The molecule has 0 saturated carbocycles. The fraction of sp³-hybridized carbons (Fsp3) is 0.125. The largest absolute Gasteiger partial charge is 0.280 e. The third-order valence-corrected chi connectivity index (χ3v) is 1.66. The van der Waals surface area contributed by atoms with Crippen molar-refractivity contribution in [2.24, 2.45) is 0 Å². The quantitative estimate of drug-likeness (QED) is 0.713. The summed E-state index contributed by atoms with van der Waals surface area (Å²) in [7, 11) is 0. The zero-order valence-electron chi connectivity index (χ0n) is 6.67. The molecule has 0 bridgehead atoms. The van der Waals surface area contributed by atoms with E-state index in [1.165, 1.54) is 6.07 Å². The van der Waals surface area contributed by atoms with Crippen molar-refractivity contribution in [3.8, 4) is 6.07 Å². The van der Waals surface area contributed by atoms with Crippen LogP contribution in [0.5, 0.6) is 0 Å². The molecule has 0 atom stereocenters. The fourth-order valence-electron chi connectivity index (χ4n) is 0.840. The lowest BCUT2D eigenvalue weighted by Crippen LogP contribution is -2.00. The van der Waals surface area contributed by atoms with Crippen molar-refractivity contribution in [1.82, 2.24) is 4.98 Å². The van der Waals surface area contributed by atoms with Gasteiger partial charge in [0.2, 0.25) is 0 Å². The Balaban J connectivity index is 3.27. The van der Waals surface area contributed by atoms with Gasteiger partial charge in [-0.25, -0.2) is 13.8 Å². The van der Waals surface area contributed by atoms with Gasteiger partial charge in [-0.15, -0.1) is 0 Å². The van der Waals surface area contributed by atoms with E-state index in [-0.39, 0.29) is 11.3 Å². The van der Waals surface area contributed by atoms with Gasteiger partial charge >= 0.3 is 0 Å². The molecule has 6 heteroatoms. The van der Waals surface area contributed by atoms with Crippen molar-refractivity contribution in [3.63, 3.8) is 0 Å². The van der Waals surface area contributed by atoms with Crippen LogP contribution in [0.2, 0.25) is 0 Å². The average Bonchev–Trinajstić information content (AvgIpc) is 2.16. The minimum Gasteiger partial charge on any atom is -0.275 e. The lowest BCUT2D eigenvalue weighted by molar-refractivity contribution is 0.107. The predicted octanol–water partition coefficient (Wildman–Crippen LogP) is 2.27. The lowest BCUT2D eigenvalue weighted by atomic mass is 10.2. The van der Waals surface area contributed by atoms with Gasteiger partial charge in [-0.2, -0.15) is 5.26 Å². The smallest absolute Gasteiger partial charge is 0.275 e. The molecule has 3 nitrogen and oxygen atoms in total. The van der Waals surface area contributed by atoms with E-state index >= 15 is 0 Å². The minimum absolute atomic E-state index is 0.168. The van der Waals surface area contributed by atoms with Gasteiger partial charge in [-0.1, -0.05) is 0 Å².